The summed E-state index contributed by atoms with van der Waals surface area (Å²) < 4.78 is 6.68. The summed E-state index contributed by atoms with van der Waals surface area (Å²) in [6.45, 7) is 4.19. The molecule has 0 radical (unpaired) electrons. The number of halogens is 1. The van der Waals surface area contributed by atoms with E-state index in [4.69, 9.17) is 21.3 Å². The summed E-state index contributed by atoms with van der Waals surface area (Å²) in [4.78, 5) is 23.7. The zero-order valence-electron chi connectivity index (χ0n) is 16.6. The van der Waals surface area contributed by atoms with Crippen molar-refractivity contribution in [3.63, 3.8) is 0 Å². The van der Waals surface area contributed by atoms with E-state index in [2.05, 4.69) is 4.98 Å². The molecule has 0 saturated carbocycles. The standard InChI is InChI=1S/C23H20ClN3O2S/c1-15-6-3-4-8-19(15)29-14-20(28)27(13-17-7-5-11-25-12-17)23-26-21-16(2)9-10-18(24)22(21)30-23/h3-12H,13-14H2,1-2H3. The van der Waals surface area contributed by atoms with Crippen LogP contribution >= 0.6 is 22.9 Å². The predicted octanol–water partition coefficient (Wildman–Crippen LogP) is 5.57. The van der Waals surface area contributed by atoms with E-state index in [1.165, 1.54) is 11.3 Å². The largest absolute Gasteiger partial charge is 0.483 e. The highest BCUT2D eigenvalue weighted by molar-refractivity contribution is 7.23. The van der Waals surface area contributed by atoms with E-state index in [1.54, 1.807) is 17.3 Å². The smallest absolute Gasteiger partial charge is 0.267 e. The van der Waals surface area contributed by atoms with Gasteiger partial charge in [0.05, 0.1) is 21.8 Å². The second-order valence-corrected chi connectivity index (χ2v) is 8.32. The van der Waals surface area contributed by atoms with Crippen LogP contribution < -0.4 is 9.64 Å². The van der Waals surface area contributed by atoms with Gasteiger partial charge in [0.15, 0.2) is 11.7 Å². The van der Waals surface area contributed by atoms with E-state index in [0.717, 1.165) is 26.9 Å². The number of para-hydroxylation sites is 1. The molecule has 0 spiro atoms. The molecule has 2 heterocycles. The Morgan fingerprint density at radius 2 is 1.93 bits per heavy atom. The fourth-order valence-electron chi connectivity index (χ4n) is 3.08. The van der Waals surface area contributed by atoms with Gasteiger partial charge in [-0.3, -0.25) is 14.7 Å². The Labute approximate surface area is 183 Å². The number of hydrogen-bond acceptors (Lipinski definition) is 5. The lowest BCUT2D eigenvalue weighted by atomic mass is 10.2. The van der Waals surface area contributed by atoms with Crippen LogP contribution in [-0.2, 0) is 11.3 Å². The highest BCUT2D eigenvalue weighted by Gasteiger charge is 2.22. The van der Waals surface area contributed by atoms with Crippen molar-refractivity contribution >= 4 is 44.2 Å². The first-order chi connectivity index (χ1) is 14.5. The van der Waals surface area contributed by atoms with Crippen molar-refractivity contribution in [1.82, 2.24) is 9.97 Å². The van der Waals surface area contributed by atoms with E-state index in [-0.39, 0.29) is 12.5 Å². The van der Waals surface area contributed by atoms with Gasteiger partial charge >= 0.3 is 0 Å². The first kappa shape index (κ1) is 20.3. The fourth-order valence-corrected chi connectivity index (χ4v) is 4.41. The number of amides is 1. The van der Waals surface area contributed by atoms with Gasteiger partial charge < -0.3 is 4.74 Å². The van der Waals surface area contributed by atoms with Crippen LogP contribution in [0.1, 0.15) is 16.7 Å². The number of hydrogen-bond donors (Lipinski definition) is 0. The Hall–Kier alpha value is -2.96. The van der Waals surface area contributed by atoms with Gasteiger partial charge in [0.1, 0.15) is 5.75 Å². The molecule has 5 nitrogen and oxygen atoms in total. The van der Waals surface area contributed by atoms with E-state index >= 15 is 0 Å². The molecule has 0 unspecified atom stereocenters. The number of aromatic nitrogens is 2. The molecule has 1 amide bonds. The number of thiazole rings is 1. The number of pyridine rings is 1. The first-order valence-corrected chi connectivity index (χ1v) is 10.7. The summed E-state index contributed by atoms with van der Waals surface area (Å²) in [5.74, 6) is 0.505. The molecular formula is C23H20ClN3O2S. The fraction of sp³-hybridized carbons (Fsp3) is 0.174. The molecule has 7 heteroatoms. The van der Waals surface area contributed by atoms with E-state index in [9.17, 15) is 4.79 Å². The lowest BCUT2D eigenvalue weighted by Crippen LogP contribution is -2.34. The second-order valence-electron chi connectivity index (χ2n) is 6.93. The molecular weight excluding hydrogens is 418 g/mol. The third-order valence-electron chi connectivity index (χ3n) is 4.73. The van der Waals surface area contributed by atoms with Crippen molar-refractivity contribution in [2.24, 2.45) is 0 Å². The number of carbonyl (C=O) groups is 1. The summed E-state index contributed by atoms with van der Waals surface area (Å²) in [7, 11) is 0. The molecule has 30 heavy (non-hydrogen) atoms. The third kappa shape index (κ3) is 4.30. The number of rotatable bonds is 6. The zero-order chi connectivity index (χ0) is 21.1. The normalized spacial score (nSPS) is 10.9. The Balaban J connectivity index is 1.66. The van der Waals surface area contributed by atoms with Crippen molar-refractivity contribution < 1.29 is 9.53 Å². The van der Waals surface area contributed by atoms with Crippen molar-refractivity contribution in [2.75, 3.05) is 11.5 Å². The number of benzene rings is 2. The first-order valence-electron chi connectivity index (χ1n) is 9.46. The average Bonchev–Trinajstić information content (AvgIpc) is 3.21. The Morgan fingerprint density at radius 3 is 2.67 bits per heavy atom. The van der Waals surface area contributed by atoms with E-state index in [1.807, 2.05) is 62.4 Å². The number of carbonyl (C=O) groups excluding carboxylic acids is 1. The van der Waals surface area contributed by atoms with Crippen LogP contribution in [0.5, 0.6) is 5.75 Å². The quantitative estimate of drug-likeness (QED) is 0.395. The maximum Gasteiger partial charge on any atom is 0.267 e. The highest BCUT2D eigenvalue weighted by atomic mass is 35.5. The maximum absolute atomic E-state index is 13.2. The highest BCUT2D eigenvalue weighted by Crippen LogP contribution is 2.36. The summed E-state index contributed by atoms with van der Waals surface area (Å²) >= 11 is 7.78. The number of ether oxygens (including phenoxy) is 1. The summed E-state index contributed by atoms with van der Waals surface area (Å²) in [5.41, 5.74) is 3.71. The second kappa shape index (κ2) is 8.81. The Kier molecular flexibility index (Phi) is 5.97. The van der Waals surface area contributed by atoms with Crippen LogP contribution in [0.15, 0.2) is 60.9 Å². The summed E-state index contributed by atoms with van der Waals surface area (Å²) in [5, 5.41) is 1.22. The lowest BCUT2D eigenvalue weighted by Gasteiger charge is -2.20. The molecule has 2 aromatic heterocycles. The Bertz CT molecular complexity index is 1150. The number of nitrogens with zero attached hydrogens (tertiary/aromatic N) is 3. The molecule has 0 aliphatic carbocycles. The van der Waals surface area contributed by atoms with Gasteiger partial charge in [0, 0.05) is 12.4 Å². The molecule has 152 valence electrons. The van der Waals surface area contributed by atoms with Crippen LogP contribution in [0.3, 0.4) is 0 Å². The van der Waals surface area contributed by atoms with Gasteiger partial charge in [-0.2, -0.15) is 0 Å². The van der Waals surface area contributed by atoms with Gasteiger partial charge in [-0.1, -0.05) is 53.3 Å². The molecule has 4 rings (SSSR count). The maximum atomic E-state index is 13.2. The van der Waals surface area contributed by atoms with Crippen molar-refractivity contribution in [1.29, 1.82) is 0 Å². The number of aryl methyl sites for hydroxylation is 2. The van der Waals surface area contributed by atoms with Crippen LogP contribution in [0, 0.1) is 13.8 Å². The van der Waals surface area contributed by atoms with Crippen molar-refractivity contribution in [3.8, 4) is 5.75 Å². The molecule has 0 bridgehead atoms. The minimum absolute atomic E-state index is 0.0895. The Morgan fingerprint density at radius 1 is 1.10 bits per heavy atom. The molecule has 0 aliphatic heterocycles. The molecule has 0 fully saturated rings. The molecule has 0 atom stereocenters. The molecule has 0 aliphatic rings. The molecule has 0 N–H and O–H groups in total. The van der Waals surface area contributed by atoms with Gasteiger partial charge in [0.25, 0.3) is 5.91 Å². The minimum Gasteiger partial charge on any atom is -0.483 e. The van der Waals surface area contributed by atoms with E-state index in [0.29, 0.717) is 22.4 Å². The topological polar surface area (TPSA) is 55.3 Å². The van der Waals surface area contributed by atoms with Crippen LogP contribution in [0.25, 0.3) is 10.2 Å². The van der Waals surface area contributed by atoms with Gasteiger partial charge in [0.2, 0.25) is 0 Å². The number of fused-ring (bicyclic) bond motifs is 1. The predicted molar refractivity (Wildman–Crippen MR) is 121 cm³/mol. The van der Waals surface area contributed by atoms with Gasteiger partial charge in [-0.25, -0.2) is 4.98 Å². The van der Waals surface area contributed by atoms with Gasteiger partial charge in [-0.05, 0) is 48.7 Å². The zero-order valence-corrected chi connectivity index (χ0v) is 18.2. The molecule has 4 aromatic rings. The molecule has 0 saturated heterocycles. The third-order valence-corrected chi connectivity index (χ3v) is 6.26. The SMILES string of the molecule is Cc1ccccc1OCC(=O)N(Cc1cccnc1)c1nc2c(C)ccc(Cl)c2s1. The van der Waals surface area contributed by atoms with Crippen LogP contribution in [0.2, 0.25) is 5.02 Å². The minimum atomic E-state index is -0.185. The summed E-state index contributed by atoms with van der Waals surface area (Å²) in [6, 6.07) is 15.2. The van der Waals surface area contributed by atoms with Crippen LogP contribution in [0.4, 0.5) is 5.13 Å². The lowest BCUT2D eigenvalue weighted by molar-refractivity contribution is -0.120. The van der Waals surface area contributed by atoms with Crippen molar-refractivity contribution in [2.45, 2.75) is 20.4 Å². The summed E-state index contributed by atoms with van der Waals surface area (Å²) in [6.07, 6.45) is 3.45. The monoisotopic (exact) mass is 437 g/mol. The van der Waals surface area contributed by atoms with E-state index < -0.39 is 0 Å². The van der Waals surface area contributed by atoms with Crippen molar-refractivity contribution in [3.05, 3.63) is 82.6 Å². The van der Waals surface area contributed by atoms with Crippen LogP contribution in [-0.4, -0.2) is 22.5 Å². The molecule has 2 aromatic carbocycles. The number of anilines is 1. The van der Waals surface area contributed by atoms with Gasteiger partial charge in [-0.15, -0.1) is 0 Å². The average molecular weight is 438 g/mol.